The third kappa shape index (κ3) is 4.81. The molecule has 1 rings (SSSR count). The van der Waals surface area contributed by atoms with Crippen LogP contribution in [0.25, 0.3) is 0 Å². The fourth-order valence-corrected chi connectivity index (χ4v) is 1.71. The normalized spacial score (nSPS) is 13.1. The Balaban J connectivity index is 2.85. The highest BCUT2D eigenvalue weighted by atomic mass is 16.5. The Morgan fingerprint density at radius 3 is 2.65 bits per heavy atom. The number of aromatic nitrogens is 1. The molecule has 0 aliphatic rings. The molecule has 0 saturated heterocycles. The molecular weight excluding hydrogens is 254 g/mol. The van der Waals surface area contributed by atoms with Crippen LogP contribution in [0.2, 0.25) is 0 Å². The molecule has 0 spiro atoms. The number of hydrogen-bond donors (Lipinski definition) is 2. The van der Waals surface area contributed by atoms with Gasteiger partial charge in [0.1, 0.15) is 5.82 Å². The van der Waals surface area contributed by atoms with Gasteiger partial charge in [0, 0.05) is 29.3 Å². The van der Waals surface area contributed by atoms with E-state index in [1.807, 2.05) is 34.6 Å². The van der Waals surface area contributed by atoms with Crippen molar-refractivity contribution in [2.45, 2.75) is 46.1 Å². The van der Waals surface area contributed by atoms with Crippen molar-refractivity contribution in [2.24, 2.45) is 0 Å². The first-order chi connectivity index (χ1) is 9.24. The molecule has 0 aromatic carbocycles. The van der Waals surface area contributed by atoms with Crippen molar-refractivity contribution in [1.29, 1.82) is 0 Å². The van der Waals surface area contributed by atoms with Crippen molar-refractivity contribution in [2.75, 3.05) is 18.9 Å². The van der Waals surface area contributed by atoms with E-state index in [0.717, 1.165) is 5.69 Å². The van der Waals surface area contributed by atoms with Crippen LogP contribution in [0.5, 0.6) is 0 Å². The van der Waals surface area contributed by atoms with Crippen LogP contribution in [0.1, 0.15) is 50.7 Å². The summed E-state index contributed by atoms with van der Waals surface area (Å²) in [6.45, 7) is 11.1. The number of carbonyl (C=O) groups is 1. The molecule has 112 valence electrons. The molecule has 1 atom stereocenters. The molecule has 5 nitrogen and oxygen atoms in total. The Morgan fingerprint density at radius 2 is 2.10 bits per heavy atom. The molecule has 0 aliphatic carbocycles. The van der Waals surface area contributed by atoms with Gasteiger partial charge in [0.05, 0.1) is 6.61 Å². The maximum Gasteiger partial charge on any atom is 0.251 e. The zero-order valence-electron chi connectivity index (χ0n) is 13.0. The number of ether oxygens (including phenoxy) is 1. The number of hydrogen-bond acceptors (Lipinski definition) is 4. The van der Waals surface area contributed by atoms with Gasteiger partial charge in [0.2, 0.25) is 0 Å². The van der Waals surface area contributed by atoms with Gasteiger partial charge in [-0.05, 0) is 26.0 Å². The van der Waals surface area contributed by atoms with E-state index in [2.05, 4.69) is 10.3 Å². The molecule has 20 heavy (non-hydrogen) atoms. The minimum Gasteiger partial charge on any atom is -0.384 e. The second-order valence-corrected chi connectivity index (χ2v) is 5.95. The summed E-state index contributed by atoms with van der Waals surface area (Å²) in [6.07, 6.45) is 0. The van der Waals surface area contributed by atoms with E-state index in [-0.39, 0.29) is 17.4 Å². The minimum atomic E-state index is -0.156. The van der Waals surface area contributed by atoms with E-state index >= 15 is 0 Å². The van der Waals surface area contributed by atoms with Crippen molar-refractivity contribution in [3.63, 3.8) is 0 Å². The average molecular weight is 279 g/mol. The molecule has 5 heteroatoms. The van der Waals surface area contributed by atoms with Crippen molar-refractivity contribution in [3.8, 4) is 0 Å². The summed E-state index contributed by atoms with van der Waals surface area (Å²) in [4.78, 5) is 16.5. The lowest BCUT2D eigenvalue weighted by molar-refractivity contribution is 0.0872. The monoisotopic (exact) mass is 279 g/mol. The van der Waals surface area contributed by atoms with Crippen molar-refractivity contribution in [3.05, 3.63) is 23.4 Å². The summed E-state index contributed by atoms with van der Waals surface area (Å²) in [5.41, 5.74) is 6.98. The van der Waals surface area contributed by atoms with E-state index < -0.39 is 0 Å². The number of nitrogens with two attached hydrogens (primary N) is 1. The number of nitrogen functional groups attached to an aromatic ring is 1. The number of amides is 1. The third-order valence-electron chi connectivity index (χ3n) is 2.83. The van der Waals surface area contributed by atoms with E-state index in [4.69, 9.17) is 10.5 Å². The van der Waals surface area contributed by atoms with E-state index in [0.29, 0.717) is 24.6 Å². The largest absolute Gasteiger partial charge is 0.384 e. The summed E-state index contributed by atoms with van der Waals surface area (Å²) >= 11 is 0. The standard InChI is InChI=1S/C15H25N3O2/c1-6-20-9-10(2)17-14(19)11-7-12(15(3,4)5)18-13(16)8-11/h7-8,10H,6,9H2,1-5H3,(H2,16,18)(H,17,19). The second kappa shape index (κ2) is 6.70. The van der Waals surface area contributed by atoms with Gasteiger partial charge in [-0.25, -0.2) is 4.98 Å². The van der Waals surface area contributed by atoms with Gasteiger partial charge >= 0.3 is 0 Å². The summed E-state index contributed by atoms with van der Waals surface area (Å²) in [5.74, 6) is 0.205. The fraction of sp³-hybridized carbons (Fsp3) is 0.600. The fourth-order valence-electron chi connectivity index (χ4n) is 1.71. The Hall–Kier alpha value is -1.62. The molecule has 1 unspecified atom stereocenters. The van der Waals surface area contributed by atoms with Crippen LogP contribution in [0.4, 0.5) is 5.82 Å². The highest BCUT2D eigenvalue weighted by Gasteiger charge is 2.19. The van der Waals surface area contributed by atoms with Crippen LogP contribution in [-0.2, 0) is 10.2 Å². The molecule has 0 radical (unpaired) electrons. The highest BCUT2D eigenvalue weighted by molar-refractivity contribution is 5.95. The quantitative estimate of drug-likeness (QED) is 0.865. The molecule has 0 bridgehead atoms. The van der Waals surface area contributed by atoms with Gasteiger partial charge in [-0.15, -0.1) is 0 Å². The van der Waals surface area contributed by atoms with Crippen LogP contribution in [0.3, 0.4) is 0 Å². The van der Waals surface area contributed by atoms with Crippen LogP contribution >= 0.6 is 0 Å². The van der Waals surface area contributed by atoms with E-state index in [1.54, 1.807) is 12.1 Å². The van der Waals surface area contributed by atoms with E-state index in [1.165, 1.54) is 0 Å². The smallest absolute Gasteiger partial charge is 0.251 e. The lowest BCUT2D eigenvalue weighted by Crippen LogP contribution is -2.36. The van der Waals surface area contributed by atoms with Gasteiger partial charge in [-0.2, -0.15) is 0 Å². The SMILES string of the molecule is CCOCC(C)NC(=O)c1cc(N)nc(C(C)(C)C)c1. The number of carbonyl (C=O) groups excluding carboxylic acids is 1. The maximum absolute atomic E-state index is 12.2. The first-order valence-electron chi connectivity index (χ1n) is 6.90. The zero-order chi connectivity index (χ0) is 15.3. The van der Waals surface area contributed by atoms with Gasteiger partial charge in [-0.3, -0.25) is 4.79 Å². The first kappa shape index (κ1) is 16.4. The topological polar surface area (TPSA) is 77.2 Å². The molecule has 1 aromatic heterocycles. The Morgan fingerprint density at radius 1 is 1.45 bits per heavy atom. The van der Waals surface area contributed by atoms with Crippen LogP contribution in [-0.4, -0.2) is 30.1 Å². The van der Waals surface area contributed by atoms with Crippen LogP contribution in [0.15, 0.2) is 12.1 Å². The summed E-state index contributed by atoms with van der Waals surface area (Å²) in [6, 6.07) is 3.34. The number of nitrogens with zero attached hydrogens (tertiary/aromatic N) is 1. The van der Waals surface area contributed by atoms with Crippen molar-refractivity contribution < 1.29 is 9.53 Å². The van der Waals surface area contributed by atoms with Crippen molar-refractivity contribution >= 4 is 11.7 Å². The molecule has 3 N–H and O–H groups in total. The predicted molar refractivity (Wildman–Crippen MR) is 80.8 cm³/mol. The maximum atomic E-state index is 12.2. The van der Waals surface area contributed by atoms with Gasteiger partial charge in [0.15, 0.2) is 0 Å². The Labute approximate surface area is 120 Å². The number of anilines is 1. The third-order valence-corrected chi connectivity index (χ3v) is 2.83. The number of pyridine rings is 1. The molecule has 0 fully saturated rings. The Bertz CT molecular complexity index is 467. The molecule has 0 aliphatic heterocycles. The number of nitrogens with one attached hydrogen (secondary N) is 1. The molecule has 1 heterocycles. The molecule has 1 amide bonds. The lowest BCUT2D eigenvalue weighted by Gasteiger charge is -2.19. The van der Waals surface area contributed by atoms with Crippen LogP contribution in [0, 0.1) is 0 Å². The van der Waals surface area contributed by atoms with Crippen LogP contribution < -0.4 is 11.1 Å². The molecular formula is C15H25N3O2. The summed E-state index contributed by atoms with van der Waals surface area (Å²) in [7, 11) is 0. The van der Waals surface area contributed by atoms with E-state index in [9.17, 15) is 4.79 Å². The number of rotatable bonds is 5. The highest BCUT2D eigenvalue weighted by Crippen LogP contribution is 2.22. The first-order valence-corrected chi connectivity index (χ1v) is 6.90. The summed E-state index contributed by atoms with van der Waals surface area (Å²) in [5, 5.41) is 2.89. The second-order valence-electron chi connectivity index (χ2n) is 5.95. The summed E-state index contributed by atoms with van der Waals surface area (Å²) < 4.78 is 5.28. The molecule has 1 aromatic rings. The van der Waals surface area contributed by atoms with Gasteiger partial charge < -0.3 is 15.8 Å². The zero-order valence-corrected chi connectivity index (χ0v) is 13.0. The molecule has 0 saturated carbocycles. The average Bonchev–Trinajstić information content (AvgIpc) is 2.34. The minimum absolute atomic E-state index is 0.0464. The lowest BCUT2D eigenvalue weighted by atomic mass is 9.90. The predicted octanol–water partition coefficient (Wildman–Crippen LogP) is 2.12. The Kier molecular flexibility index (Phi) is 5.51. The van der Waals surface area contributed by atoms with Gasteiger partial charge in [0.25, 0.3) is 5.91 Å². The van der Waals surface area contributed by atoms with Crippen molar-refractivity contribution in [1.82, 2.24) is 10.3 Å². The van der Waals surface area contributed by atoms with Gasteiger partial charge in [-0.1, -0.05) is 20.8 Å².